The molecule has 47 heavy (non-hydrogen) atoms. The van der Waals surface area contributed by atoms with Gasteiger partial charge in [0.2, 0.25) is 0 Å². The molecule has 0 atom stereocenters. The molecule has 0 spiro atoms. The highest BCUT2D eigenvalue weighted by Crippen LogP contribution is 2.39. The van der Waals surface area contributed by atoms with Crippen molar-refractivity contribution >= 4 is 21.8 Å². The van der Waals surface area contributed by atoms with Gasteiger partial charge in [-0.3, -0.25) is 0 Å². The van der Waals surface area contributed by atoms with Gasteiger partial charge in [0.1, 0.15) is 6.07 Å². The van der Waals surface area contributed by atoms with Crippen molar-refractivity contribution in [3.8, 4) is 56.3 Å². The Kier molecular flexibility index (Phi) is 7.01. The van der Waals surface area contributed by atoms with Crippen LogP contribution in [-0.2, 0) is 0 Å². The topological polar surface area (TPSA) is 28.7 Å². The first-order valence-corrected chi connectivity index (χ1v) is 16.0. The van der Waals surface area contributed by atoms with Crippen molar-refractivity contribution < 1.29 is 0 Å². The first-order chi connectivity index (χ1) is 23.1. The predicted molar refractivity (Wildman–Crippen MR) is 197 cm³/mol. The smallest absolute Gasteiger partial charge is 0.101 e. The van der Waals surface area contributed by atoms with Crippen LogP contribution in [0, 0.1) is 25.2 Å². The van der Waals surface area contributed by atoms with E-state index in [1.165, 1.54) is 33.4 Å². The second kappa shape index (κ2) is 11.6. The van der Waals surface area contributed by atoms with E-state index in [0.29, 0.717) is 5.56 Å². The number of hydrogen-bond acceptors (Lipinski definition) is 1. The third-order valence-corrected chi connectivity index (χ3v) is 9.20. The molecule has 0 saturated heterocycles. The normalized spacial score (nSPS) is 11.2. The van der Waals surface area contributed by atoms with Gasteiger partial charge in [-0.1, -0.05) is 127 Å². The minimum atomic E-state index is 0.683. The number of rotatable bonds is 5. The standard InChI is InChI=1S/C45H32N2/c1-30-25-31(2)45(40(26-30)29-46)47-43-23-21-38(36-17-13-34(14-18-36)32-9-5-3-6-10-32)27-41(43)42-28-39(22-24-44(42)47)37-19-15-35(16-20-37)33-11-7-4-8-12-33/h3-28H,1-2H3. The largest absolute Gasteiger partial charge is 0.308 e. The van der Waals surface area contributed by atoms with E-state index < -0.39 is 0 Å². The number of fused-ring (bicyclic) bond motifs is 3. The number of aromatic nitrogens is 1. The van der Waals surface area contributed by atoms with Gasteiger partial charge < -0.3 is 4.57 Å². The van der Waals surface area contributed by atoms with Crippen LogP contribution in [0.5, 0.6) is 0 Å². The molecule has 2 nitrogen and oxygen atoms in total. The molecule has 0 amide bonds. The average Bonchev–Trinajstić information content (AvgIpc) is 3.44. The van der Waals surface area contributed by atoms with Gasteiger partial charge in [0.15, 0.2) is 0 Å². The van der Waals surface area contributed by atoms with Crippen LogP contribution in [-0.4, -0.2) is 4.57 Å². The molecule has 0 fully saturated rings. The van der Waals surface area contributed by atoms with Crippen LogP contribution in [0.25, 0.3) is 72.0 Å². The van der Waals surface area contributed by atoms with Crippen molar-refractivity contribution in [2.24, 2.45) is 0 Å². The van der Waals surface area contributed by atoms with Gasteiger partial charge >= 0.3 is 0 Å². The minimum Gasteiger partial charge on any atom is -0.308 e. The molecular formula is C45H32N2. The fourth-order valence-corrected chi connectivity index (χ4v) is 6.94. The van der Waals surface area contributed by atoms with E-state index in [0.717, 1.165) is 49.7 Å². The Morgan fingerprint density at radius 2 is 0.809 bits per heavy atom. The highest BCUT2D eigenvalue weighted by atomic mass is 15.0. The van der Waals surface area contributed by atoms with E-state index in [4.69, 9.17) is 0 Å². The lowest BCUT2D eigenvalue weighted by Crippen LogP contribution is -2.01. The van der Waals surface area contributed by atoms with Crippen molar-refractivity contribution in [1.82, 2.24) is 4.57 Å². The maximum absolute atomic E-state index is 10.2. The van der Waals surface area contributed by atoms with Gasteiger partial charge in [0.05, 0.1) is 22.3 Å². The molecule has 0 saturated carbocycles. The van der Waals surface area contributed by atoms with Gasteiger partial charge in [-0.05, 0) is 99.8 Å². The lowest BCUT2D eigenvalue weighted by Gasteiger charge is -2.14. The molecular weight excluding hydrogens is 569 g/mol. The fraction of sp³-hybridized carbons (Fsp3) is 0.0444. The lowest BCUT2D eigenvalue weighted by molar-refractivity contribution is 1.13. The zero-order valence-corrected chi connectivity index (χ0v) is 26.4. The second-order valence-corrected chi connectivity index (χ2v) is 12.3. The zero-order valence-electron chi connectivity index (χ0n) is 26.4. The van der Waals surface area contributed by atoms with E-state index in [2.05, 4.69) is 157 Å². The van der Waals surface area contributed by atoms with Crippen LogP contribution in [0.1, 0.15) is 16.7 Å². The Morgan fingerprint density at radius 1 is 0.426 bits per heavy atom. The summed E-state index contributed by atoms with van der Waals surface area (Å²) in [7, 11) is 0. The summed E-state index contributed by atoms with van der Waals surface area (Å²) in [6.07, 6.45) is 0. The molecule has 7 aromatic carbocycles. The van der Waals surface area contributed by atoms with Gasteiger partial charge in [0, 0.05) is 10.8 Å². The highest BCUT2D eigenvalue weighted by molar-refractivity contribution is 6.12. The van der Waals surface area contributed by atoms with Crippen molar-refractivity contribution in [2.45, 2.75) is 13.8 Å². The Balaban J connectivity index is 1.30. The molecule has 0 unspecified atom stereocenters. The van der Waals surface area contributed by atoms with Crippen LogP contribution >= 0.6 is 0 Å². The molecule has 8 aromatic rings. The maximum Gasteiger partial charge on any atom is 0.101 e. The summed E-state index contributed by atoms with van der Waals surface area (Å²) < 4.78 is 2.28. The summed E-state index contributed by atoms with van der Waals surface area (Å²) in [4.78, 5) is 0. The summed E-state index contributed by atoms with van der Waals surface area (Å²) in [5, 5.41) is 12.6. The van der Waals surface area contributed by atoms with Crippen LogP contribution in [0.4, 0.5) is 0 Å². The van der Waals surface area contributed by atoms with E-state index in [9.17, 15) is 5.26 Å². The summed E-state index contributed by atoms with van der Waals surface area (Å²) in [6, 6.07) is 58.7. The van der Waals surface area contributed by atoms with Crippen molar-refractivity contribution in [3.05, 3.63) is 174 Å². The first kappa shape index (κ1) is 28.3. The molecule has 0 radical (unpaired) electrons. The summed E-state index contributed by atoms with van der Waals surface area (Å²) in [6.45, 7) is 4.15. The molecule has 0 bridgehead atoms. The van der Waals surface area contributed by atoms with Crippen LogP contribution in [0.2, 0.25) is 0 Å². The molecule has 222 valence electrons. The lowest BCUT2D eigenvalue weighted by atomic mass is 9.97. The Hall–Kier alpha value is -6.17. The van der Waals surface area contributed by atoms with Crippen LogP contribution in [0.3, 0.4) is 0 Å². The fourth-order valence-electron chi connectivity index (χ4n) is 6.94. The zero-order chi connectivity index (χ0) is 31.9. The molecule has 0 aliphatic carbocycles. The van der Waals surface area contributed by atoms with Crippen molar-refractivity contribution in [2.75, 3.05) is 0 Å². The molecule has 0 N–H and O–H groups in total. The van der Waals surface area contributed by atoms with E-state index >= 15 is 0 Å². The summed E-state index contributed by atoms with van der Waals surface area (Å²) in [5.41, 5.74) is 15.5. The van der Waals surface area contributed by atoms with E-state index in [-0.39, 0.29) is 0 Å². The highest BCUT2D eigenvalue weighted by Gasteiger charge is 2.19. The Bertz CT molecular complexity index is 2300. The molecule has 1 aromatic heterocycles. The summed E-state index contributed by atoms with van der Waals surface area (Å²) in [5.74, 6) is 0. The second-order valence-electron chi connectivity index (χ2n) is 12.3. The predicted octanol–water partition coefficient (Wildman–Crippen LogP) is 11.9. The van der Waals surface area contributed by atoms with Crippen LogP contribution in [0.15, 0.2) is 158 Å². The quantitative estimate of drug-likeness (QED) is 0.193. The van der Waals surface area contributed by atoms with Crippen LogP contribution < -0.4 is 0 Å². The number of benzene rings is 7. The monoisotopic (exact) mass is 600 g/mol. The van der Waals surface area contributed by atoms with Gasteiger partial charge in [-0.2, -0.15) is 5.26 Å². The van der Waals surface area contributed by atoms with Gasteiger partial charge in [0.25, 0.3) is 0 Å². The SMILES string of the molecule is Cc1cc(C)c(-n2c3ccc(-c4ccc(-c5ccccc5)cc4)cc3c3cc(-c4ccc(-c5ccccc5)cc4)ccc32)c(C#N)c1. The number of nitrogens with zero attached hydrogens (tertiary/aromatic N) is 2. The molecule has 2 heteroatoms. The average molecular weight is 601 g/mol. The third-order valence-electron chi connectivity index (χ3n) is 9.20. The van der Waals surface area contributed by atoms with E-state index in [1.807, 2.05) is 25.1 Å². The Labute approximate surface area is 275 Å². The molecule has 0 aliphatic heterocycles. The Morgan fingerprint density at radius 3 is 1.23 bits per heavy atom. The summed E-state index contributed by atoms with van der Waals surface area (Å²) >= 11 is 0. The van der Waals surface area contributed by atoms with Crippen molar-refractivity contribution in [1.29, 1.82) is 5.26 Å². The van der Waals surface area contributed by atoms with Gasteiger partial charge in [-0.25, -0.2) is 0 Å². The number of nitriles is 1. The maximum atomic E-state index is 10.2. The third kappa shape index (κ3) is 5.09. The number of hydrogen-bond donors (Lipinski definition) is 0. The van der Waals surface area contributed by atoms with Gasteiger partial charge in [-0.15, -0.1) is 0 Å². The minimum absolute atomic E-state index is 0.683. The molecule has 8 rings (SSSR count). The molecule has 0 aliphatic rings. The number of aryl methyl sites for hydroxylation is 2. The molecule has 1 heterocycles. The first-order valence-electron chi connectivity index (χ1n) is 16.0. The van der Waals surface area contributed by atoms with E-state index in [1.54, 1.807) is 0 Å². The van der Waals surface area contributed by atoms with Crippen molar-refractivity contribution in [3.63, 3.8) is 0 Å².